The van der Waals surface area contributed by atoms with Crippen molar-refractivity contribution in [2.24, 2.45) is 10.9 Å². The Labute approximate surface area is 98.5 Å². The second-order valence-electron chi connectivity index (χ2n) is 3.55. The molecule has 0 unspecified atom stereocenters. The summed E-state index contributed by atoms with van der Waals surface area (Å²) in [5.41, 5.74) is 6.26. The van der Waals surface area contributed by atoms with Crippen molar-refractivity contribution in [3.05, 3.63) is 36.5 Å². The van der Waals surface area contributed by atoms with Gasteiger partial charge in [0.2, 0.25) is 0 Å². The van der Waals surface area contributed by atoms with E-state index in [9.17, 15) is 0 Å². The molecule has 0 fully saturated rings. The highest BCUT2D eigenvalue weighted by molar-refractivity contribution is 5.80. The summed E-state index contributed by atoms with van der Waals surface area (Å²) >= 11 is 0. The van der Waals surface area contributed by atoms with Crippen LogP contribution in [-0.2, 0) is 0 Å². The molecule has 0 aliphatic rings. The van der Waals surface area contributed by atoms with E-state index in [1.807, 2.05) is 30.3 Å². The number of hydrogen-bond donors (Lipinski definition) is 2. The van der Waals surface area contributed by atoms with E-state index >= 15 is 0 Å². The Kier molecular flexibility index (Phi) is 3.40. The summed E-state index contributed by atoms with van der Waals surface area (Å²) in [6.45, 7) is 0.377. The van der Waals surface area contributed by atoms with Gasteiger partial charge in [-0.3, -0.25) is 4.98 Å². The van der Waals surface area contributed by atoms with Gasteiger partial charge in [0.25, 0.3) is 0 Å². The molecule has 2 rings (SSSR count). The molecule has 0 saturated carbocycles. The van der Waals surface area contributed by atoms with E-state index in [4.69, 9.17) is 15.7 Å². The van der Waals surface area contributed by atoms with Crippen LogP contribution in [0.3, 0.4) is 0 Å². The van der Waals surface area contributed by atoms with Crippen LogP contribution in [0.25, 0.3) is 10.9 Å². The Bertz CT molecular complexity index is 540. The molecular formula is C12H13N3O2. The van der Waals surface area contributed by atoms with E-state index in [1.165, 1.54) is 0 Å². The maximum absolute atomic E-state index is 8.37. The third kappa shape index (κ3) is 2.84. The van der Waals surface area contributed by atoms with Crippen LogP contribution in [0, 0.1) is 0 Å². The van der Waals surface area contributed by atoms with Crippen LogP contribution in [0.15, 0.2) is 41.7 Å². The zero-order chi connectivity index (χ0) is 12.1. The van der Waals surface area contributed by atoms with E-state index in [-0.39, 0.29) is 5.84 Å². The number of pyridine rings is 1. The highest BCUT2D eigenvalue weighted by Gasteiger charge is 1.99. The Morgan fingerprint density at radius 2 is 2.29 bits per heavy atom. The number of nitrogens with zero attached hydrogens (tertiary/aromatic N) is 2. The van der Waals surface area contributed by atoms with E-state index in [1.54, 1.807) is 6.20 Å². The number of ether oxygens (including phenoxy) is 1. The summed E-state index contributed by atoms with van der Waals surface area (Å²) in [5.74, 6) is 0.906. The molecule has 3 N–H and O–H groups in total. The van der Waals surface area contributed by atoms with Crippen molar-refractivity contribution in [2.75, 3.05) is 6.61 Å². The molecule has 0 aliphatic carbocycles. The average molecular weight is 231 g/mol. The molecule has 1 aromatic carbocycles. The van der Waals surface area contributed by atoms with Crippen LogP contribution in [0.2, 0.25) is 0 Å². The SMILES string of the molecule is N/C(CCOc1ccc2ncccc2c1)=N\O. The maximum Gasteiger partial charge on any atom is 0.142 e. The lowest BCUT2D eigenvalue weighted by Crippen LogP contribution is -2.15. The van der Waals surface area contributed by atoms with Crippen molar-refractivity contribution in [1.29, 1.82) is 0 Å². The highest BCUT2D eigenvalue weighted by Crippen LogP contribution is 2.18. The number of amidine groups is 1. The van der Waals surface area contributed by atoms with E-state index in [0.717, 1.165) is 16.7 Å². The van der Waals surface area contributed by atoms with Crippen LogP contribution in [-0.4, -0.2) is 22.6 Å². The van der Waals surface area contributed by atoms with Gasteiger partial charge in [0.05, 0.1) is 12.1 Å². The fourth-order valence-corrected chi connectivity index (χ4v) is 1.47. The summed E-state index contributed by atoms with van der Waals surface area (Å²) in [7, 11) is 0. The third-order valence-electron chi connectivity index (χ3n) is 2.33. The van der Waals surface area contributed by atoms with Crippen LogP contribution in [0.5, 0.6) is 5.75 Å². The molecule has 5 nitrogen and oxygen atoms in total. The first-order valence-corrected chi connectivity index (χ1v) is 5.23. The van der Waals surface area contributed by atoms with E-state index in [0.29, 0.717) is 13.0 Å². The predicted molar refractivity (Wildman–Crippen MR) is 65.3 cm³/mol. The van der Waals surface area contributed by atoms with Crippen molar-refractivity contribution in [3.8, 4) is 5.75 Å². The number of nitrogens with two attached hydrogens (primary N) is 1. The minimum atomic E-state index is 0.160. The molecule has 0 amide bonds. The van der Waals surface area contributed by atoms with Gasteiger partial charge in [-0.15, -0.1) is 0 Å². The summed E-state index contributed by atoms with van der Waals surface area (Å²) in [5, 5.41) is 12.3. The Morgan fingerprint density at radius 1 is 1.41 bits per heavy atom. The molecular weight excluding hydrogens is 218 g/mol. The van der Waals surface area contributed by atoms with Crippen LogP contribution < -0.4 is 10.5 Å². The smallest absolute Gasteiger partial charge is 0.142 e. The molecule has 0 atom stereocenters. The summed E-state index contributed by atoms with van der Waals surface area (Å²) in [6.07, 6.45) is 2.14. The van der Waals surface area contributed by atoms with Crippen LogP contribution >= 0.6 is 0 Å². The second-order valence-corrected chi connectivity index (χ2v) is 3.55. The van der Waals surface area contributed by atoms with Gasteiger partial charge in [-0.25, -0.2) is 0 Å². The van der Waals surface area contributed by atoms with Gasteiger partial charge in [-0.1, -0.05) is 11.2 Å². The number of hydrogen-bond acceptors (Lipinski definition) is 4. The monoisotopic (exact) mass is 231 g/mol. The number of fused-ring (bicyclic) bond motifs is 1. The topological polar surface area (TPSA) is 80.7 Å². The largest absolute Gasteiger partial charge is 0.493 e. The standard InChI is InChI=1S/C12H13N3O2/c13-12(15-16)5-7-17-10-3-4-11-9(8-10)2-1-6-14-11/h1-4,6,8,16H,5,7H2,(H2,13,15). The molecule has 0 spiro atoms. The van der Waals surface area contributed by atoms with Crippen molar-refractivity contribution >= 4 is 16.7 Å². The second kappa shape index (κ2) is 5.16. The predicted octanol–water partition coefficient (Wildman–Crippen LogP) is 1.75. The Balaban J connectivity index is 2.04. The van der Waals surface area contributed by atoms with E-state index < -0.39 is 0 Å². The molecule has 2 aromatic rings. The highest BCUT2D eigenvalue weighted by atomic mass is 16.5. The van der Waals surface area contributed by atoms with Gasteiger partial charge in [0.15, 0.2) is 0 Å². The number of rotatable bonds is 4. The lowest BCUT2D eigenvalue weighted by molar-refractivity contribution is 0.306. The van der Waals surface area contributed by atoms with Gasteiger partial charge in [0, 0.05) is 18.0 Å². The zero-order valence-corrected chi connectivity index (χ0v) is 9.21. The fourth-order valence-electron chi connectivity index (χ4n) is 1.47. The molecule has 1 aromatic heterocycles. The molecule has 17 heavy (non-hydrogen) atoms. The third-order valence-corrected chi connectivity index (χ3v) is 2.33. The van der Waals surface area contributed by atoms with Gasteiger partial charge in [-0.05, 0) is 24.3 Å². The van der Waals surface area contributed by atoms with Gasteiger partial charge in [-0.2, -0.15) is 0 Å². The van der Waals surface area contributed by atoms with Crippen molar-refractivity contribution in [3.63, 3.8) is 0 Å². The number of aromatic nitrogens is 1. The number of oxime groups is 1. The fraction of sp³-hybridized carbons (Fsp3) is 0.167. The van der Waals surface area contributed by atoms with Crippen molar-refractivity contribution in [2.45, 2.75) is 6.42 Å². The van der Waals surface area contributed by atoms with Gasteiger partial charge < -0.3 is 15.7 Å². The van der Waals surface area contributed by atoms with Crippen LogP contribution in [0.1, 0.15) is 6.42 Å². The van der Waals surface area contributed by atoms with E-state index in [2.05, 4.69) is 10.1 Å². The van der Waals surface area contributed by atoms with Gasteiger partial charge >= 0.3 is 0 Å². The zero-order valence-electron chi connectivity index (χ0n) is 9.21. The molecule has 5 heteroatoms. The molecule has 0 radical (unpaired) electrons. The number of benzene rings is 1. The molecule has 1 heterocycles. The summed E-state index contributed by atoms with van der Waals surface area (Å²) in [4.78, 5) is 4.22. The average Bonchev–Trinajstić information content (AvgIpc) is 2.38. The normalized spacial score (nSPS) is 11.6. The Hall–Kier alpha value is -2.30. The molecule has 0 bridgehead atoms. The lowest BCUT2D eigenvalue weighted by atomic mass is 10.2. The first kappa shape index (κ1) is 11.2. The summed E-state index contributed by atoms with van der Waals surface area (Å²) < 4.78 is 5.49. The van der Waals surface area contributed by atoms with Crippen LogP contribution in [0.4, 0.5) is 0 Å². The lowest BCUT2D eigenvalue weighted by Gasteiger charge is -2.06. The minimum absolute atomic E-state index is 0.160. The van der Waals surface area contributed by atoms with Crippen molar-refractivity contribution in [1.82, 2.24) is 4.98 Å². The van der Waals surface area contributed by atoms with Gasteiger partial charge in [0.1, 0.15) is 11.6 Å². The molecule has 88 valence electrons. The van der Waals surface area contributed by atoms with Crippen molar-refractivity contribution < 1.29 is 9.94 Å². The minimum Gasteiger partial charge on any atom is -0.493 e. The maximum atomic E-state index is 8.37. The first-order valence-electron chi connectivity index (χ1n) is 5.23. The quantitative estimate of drug-likeness (QED) is 0.363. The molecule has 0 aliphatic heterocycles. The Morgan fingerprint density at radius 3 is 3.12 bits per heavy atom. The summed E-state index contributed by atoms with van der Waals surface area (Å²) in [6, 6.07) is 9.51. The molecule has 0 saturated heterocycles. The first-order chi connectivity index (χ1) is 8.29.